The lowest BCUT2D eigenvalue weighted by Crippen LogP contribution is -2.26. The molecule has 3 aromatic heterocycles. The average molecular weight is 381 g/mol. The molecule has 0 aliphatic carbocycles. The molecule has 4 rings (SSSR count). The average Bonchev–Trinajstić information content (AvgIpc) is 3.26. The third kappa shape index (κ3) is 3.11. The summed E-state index contributed by atoms with van der Waals surface area (Å²) in [5.74, 6) is 0.864. The van der Waals surface area contributed by atoms with E-state index >= 15 is 0 Å². The van der Waals surface area contributed by atoms with E-state index in [9.17, 15) is 9.90 Å². The summed E-state index contributed by atoms with van der Waals surface area (Å²) < 4.78 is 1.21. The first kappa shape index (κ1) is 18.4. The van der Waals surface area contributed by atoms with Crippen molar-refractivity contribution in [1.82, 2.24) is 29.9 Å². The van der Waals surface area contributed by atoms with Crippen molar-refractivity contribution in [3.05, 3.63) is 35.4 Å². The lowest BCUT2D eigenvalue weighted by atomic mass is 9.96. The predicted molar refractivity (Wildman–Crippen MR) is 103 cm³/mol. The molecule has 9 heteroatoms. The number of β-amino-alcohol motifs (C(OH)–C–C–N with tert-alkyl or cyclic N) is 1. The molecule has 9 nitrogen and oxygen atoms in total. The maximum Gasteiger partial charge on any atom is 0.283 e. The van der Waals surface area contributed by atoms with Gasteiger partial charge in [-0.05, 0) is 25.5 Å². The molecule has 146 valence electrons. The number of aryl methyl sites for hydroxylation is 1. The minimum atomic E-state index is -0.405. The molecular formula is C19H23N7O2. The first-order valence-electron chi connectivity index (χ1n) is 9.29. The molecule has 0 radical (unpaired) electrons. The highest BCUT2D eigenvalue weighted by atomic mass is 16.3. The van der Waals surface area contributed by atoms with E-state index in [1.807, 2.05) is 25.7 Å². The van der Waals surface area contributed by atoms with Crippen molar-refractivity contribution in [1.29, 1.82) is 0 Å². The molecule has 4 heterocycles. The summed E-state index contributed by atoms with van der Waals surface area (Å²) in [6.45, 7) is 8.95. The van der Waals surface area contributed by atoms with E-state index in [-0.39, 0.29) is 11.3 Å². The van der Waals surface area contributed by atoms with Gasteiger partial charge in [0.2, 0.25) is 0 Å². The largest absolute Gasteiger partial charge is 0.391 e. The standard InChI is InChI=1S/C19H23N7O2/c1-11-13(6-5-8-20-11)17(28)26-16-14(23-24-26)15(25-9-7-12(27)10-25)21-18(22-16)19(2,3)4/h5-6,8,12,27H,7,9-10H2,1-4H3. The zero-order valence-corrected chi connectivity index (χ0v) is 16.4. The SMILES string of the molecule is Cc1ncccc1C(=O)n1nnc2c(N3CCC(O)C3)nc(C(C)(C)C)nc21. The van der Waals surface area contributed by atoms with Gasteiger partial charge in [-0.1, -0.05) is 26.0 Å². The van der Waals surface area contributed by atoms with Gasteiger partial charge in [0, 0.05) is 24.7 Å². The van der Waals surface area contributed by atoms with Gasteiger partial charge in [0.25, 0.3) is 5.91 Å². The van der Waals surface area contributed by atoms with Crippen LogP contribution in [0.25, 0.3) is 11.2 Å². The number of fused-ring (bicyclic) bond motifs is 1. The lowest BCUT2D eigenvalue weighted by molar-refractivity contribution is 0.0946. The van der Waals surface area contributed by atoms with E-state index in [1.54, 1.807) is 25.3 Å². The summed E-state index contributed by atoms with van der Waals surface area (Å²) >= 11 is 0. The summed E-state index contributed by atoms with van der Waals surface area (Å²) in [5, 5.41) is 18.2. The number of aliphatic hydroxyl groups excluding tert-OH is 1. The fraction of sp³-hybridized carbons (Fsp3) is 0.474. The van der Waals surface area contributed by atoms with Gasteiger partial charge < -0.3 is 10.0 Å². The number of aliphatic hydroxyl groups is 1. The molecule has 3 aromatic rings. The number of anilines is 1. The van der Waals surface area contributed by atoms with Crippen molar-refractivity contribution in [2.45, 2.75) is 45.6 Å². The van der Waals surface area contributed by atoms with Gasteiger partial charge in [-0.3, -0.25) is 9.78 Å². The van der Waals surface area contributed by atoms with Crippen LogP contribution in [-0.4, -0.2) is 60.2 Å². The van der Waals surface area contributed by atoms with Crippen LogP contribution in [0.3, 0.4) is 0 Å². The molecule has 1 aliphatic rings. The second-order valence-corrected chi connectivity index (χ2v) is 8.12. The summed E-state index contributed by atoms with van der Waals surface area (Å²) in [7, 11) is 0. The summed E-state index contributed by atoms with van der Waals surface area (Å²) in [4.78, 5) is 28.6. The van der Waals surface area contributed by atoms with E-state index in [4.69, 9.17) is 4.98 Å². The Morgan fingerprint density at radius 3 is 2.71 bits per heavy atom. The summed E-state index contributed by atoms with van der Waals surface area (Å²) in [6.07, 6.45) is 1.90. The lowest BCUT2D eigenvalue weighted by Gasteiger charge is -2.21. The number of hydrogen-bond acceptors (Lipinski definition) is 8. The Labute approximate surface area is 162 Å². The summed E-state index contributed by atoms with van der Waals surface area (Å²) in [5.41, 5.74) is 1.55. The topological polar surface area (TPSA) is 110 Å². The molecule has 0 bridgehead atoms. The van der Waals surface area contributed by atoms with Crippen molar-refractivity contribution in [3.63, 3.8) is 0 Å². The van der Waals surface area contributed by atoms with Gasteiger partial charge in [0.05, 0.1) is 17.4 Å². The third-order valence-corrected chi connectivity index (χ3v) is 4.85. The number of rotatable bonds is 2. The van der Waals surface area contributed by atoms with Crippen LogP contribution in [0.2, 0.25) is 0 Å². The highest BCUT2D eigenvalue weighted by Crippen LogP contribution is 2.29. The molecule has 0 spiro atoms. The highest BCUT2D eigenvalue weighted by Gasteiger charge is 2.30. The van der Waals surface area contributed by atoms with Gasteiger partial charge in [0.1, 0.15) is 5.82 Å². The maximum atomic E-state index is 13.1. The first-order chi connectivity index (χ1) is 13.3. The van der Waals surface area contributed by atoms with E-state index < -0.39 is 6.10 Å². The number of carbonyl (C=O) groups is 1. The van der Waals surface area contributed by atoms with Crippen molar-refractivity contribution < 1.29 is 9.90 Å². The van der Waals surface area contributed by atoms with E-state index in [0.717, 1.165) is 0 Å². The van der Waals surface area contributed by atoms with E-state index in [0.29, 0.717) is 53.6 Å². The monoisotopic (exact) mass is 381 g/mol. The molecule has 1 atom stereocenters. The minimum absolute atomic E-state index is 0.330. The van der Waals surface area contributed by atoms with Gasteiger partial charge in [-0.25, -0.2) is 9.97 Å². The minimum Gasteiger partial charge on any atom is -0.391 e. The fourth-order valence-electron chi connectivity index (χ4n) is 3.25. The number of aromatic nitrogens is 6. The van der Waals surface area contributed by atoms with Gasteiger partial charge in [-0.2, -0.15) is 4.68 Å². The van der Waals surface area contributed by atoms with Crippen LogP contribution in [0.1, 0.15) is 49.1 Å². The Morgan fingerprint density at radius 2 is 2.07 bits per heavy atom. The van der Waals surface area contributed by atoms with Crippen molar-refractivity contribution >= 4 is 22.9 Å². The van der Waals surface area contributed by atoms with Crippen molar-refractivity contribution in [2.24, 2.45) is 0 Å². The zero-order chi connectivity index (χ0) is 20.1. The first-order valence-corrected chi connectivity index (χ1v) is 9.29. The molecule has 1 fully saturated rings. The summed E-state index contributed by atoms with van der Waals surface area (Å²) in [6, 6.07) is 3.42. The van der Waals surface area contributed by atoms with Gasteiger partial charge >= 0.3 is 0 Å². The smallest absolute Gasteiger partial charge is 0.283 e. The molecule has 1 aliphatic heterocycles. The molecule has 0 saturated carbocycles. The molecule has 28 heavy (non-hydrogen) atoms. The highest BCUT2D eigenvalue weighted by molar-refractivity contribution is 6.01. The van der Waals surface area contributed by atoms with Gasteiger partial charge in [0.15, 0.2) is 17.0 Å². The van der Waals surface area contributed by atoms with Crippen molar-refractivity contribution in [2.75, 3.05) is 18.0 Å². The van der Waals surface area contributed by atoms with E-state index in [1.165, 1.54) is 4.68 Å². The van der Waals surface area contributed by atoms with Crippen LogP contribution < -0.4 is 4.90 Å². The third-order valence-electron chi connectivity index (χ3n) is 4.85. The van der Waals surface area contributed by atoms with Crippen LogP contribution >= 0.6 is 0 Å². The number of hydrogen-bond donors (Lipinski definition) is 1. The second-order valence-electron chi connectivity index (χ2n) is 8.12. The molecule has 0 amide bonds. The van der Waals surface area contributed by atoms with Crippen LogP contribution in [0.5, 0.6) is 0 Å². The number of nitrogens with zero attached hydrogens (tertiary/aromatic N) is 7. The van der Waals surface area contributed by atoms with Crippen LogP contribution in [-0.2, 0) is 5.41 Å². The molecule has 1 N–H and O–H groups in total. The van der Waals surface area contributed by atoms with Gasteiger partial charge in [-0.15, -0.1) is 5.10 Å². The van der Waals surface area contributed by atoms with Crippen molar-refractivity contribution in [3.8, 4) is 0 Å². The van der Waals surface area contributed by atoms with Crippen LogP contribution in [0.15, 0.2) is 18.3 Å². The Morgan fingerprint density at radius 1 is 1.29 bits per heavy atom. The quantitative estimate of drug-likeness (QED) is 0.711. The Kier molecular flexibility index (Phi) is 4.34. The maximum absolute atomic E-state index is 13.1. The molecule has 0 aromatic carbocycles. The zero-order valence-electron chi connectivity index (χ0n) is 16.4. The Balaban J connectivity index is 1.90. The number of carbonyl (C=O) groups excluding carboxylic acids is 1. The fourth-order valence-corrected chi connectivity index (χ4v) is 3.25. The van der Waals surface area contributed by atoms with Crippen LogP contribution in [0, 0.1) is 6.92 Å². The van der Waals surface area contributed by atoms with Crippen LogP contribution in [0.4, 0.5) is 5.82 Å². The number of pyridine rings is 1. The normalized spacial score (nSPS) is 17.5. The molecule has 1 unspecified atom stereocenters. The molecular weight excluding hydrogens is 358 g/mol. The second kappa shape index (κ2) is 6.59. The molecule has 1 saturated heterocycles. The predicted octanol–water partition coefficient (Wildman–Crippen LogP) is 1.48. The Bertz CT molecular complexity index is 1050. The Hall–Kier alpha value is -2.94. The van der Waals surface area contributed by atoms with E-state index in [2.05, 4.69) is 20.3 Å².